The van der Waals surface area contributed by atoms with Crippen molar-refractivity contribution < 1.29 is 9.66 Å². The molecular weight excluding hydrogens is 258 g/mol. The zero-order valence-corrected chi connectivity index (χ0v) is 12.1. The maximum Gasteiger partial charge on any atom is 0.275 e. The number of hydrogen-bond donors (Lipinski definition) is 1. The van der Waals surface area contributed by atoms with Gasteiger partial charge in [-0.25, -0.2) is 0 Å². The number of non-ortho nitro benzene ring substituents is 1. The summed E-state index contributed by atoms with van der Waals surface area (Å²) >= 11 is 0. The minimum absolute atomic E-state index is 0.00898. The summed E-state index contributed by atoms with van der Waals surface area (Å²) in [4.78, 5) is 12.9. The first kappa shape index (κ1) is 14.6. The third-order valence-electron chi connectivity index (χ3n) is 3.33. The third-order valence-corrected chi connectivity index (χ3v) is 3.33. The number of benzene rings is 1. The van der Waals surface area contributed by atoms with Crippen molar-refractivity contribution >= 4 is 11.4 Å². The highest BCUT2D eigenvalue weighted by Gasteiger charge is 2.25. The Balaban J connectivity index is 2.34. The molecule has 110 valence electrons. The van der Waals surface area contributed by atoms with E-state index >= 15 is 0 Å². The SMILES string of the molecule is CCN(c1cc(OC(C)C)cc([N+](=O)[O-])c1)C1CNC1. The van der Waals surface area contributed by atoms with Crippen LogP contribution in [0.2, 0.25) is 0 Å². The predicted molar refractivity (Wildman–Crippen MR) is 78.5 cm³/mol. The molecule has 2 rings (SSSR count). The van der Waals surface area contributed by atoms with Crippen molar-refractivity contribution in [2.75, 3.05) is 24.5 Å². The van der Waals surface area contributed by atoms with E-state index in [1.807, 2.05) is 19.9 Å². The minimum atomic E-state index is -0.371. The number of rotatable bonds is 6. The molecule has 1 aliphatic rings. The Bertz CT molecular complexity index is 487. The Labute approximate surface area is 118 Å². The van der Waals surface area contributed by atoms with Crippen LogP contribution in [-0.2, 0) is 0 Å². The van der Waals surface area contributed by atoms with Crippen LogP contribution in [0.5, 0.6) is 5.75 Å². The lowest BCUT2D eigenvalue weighted by atomic mass is 10.1. The van der Waals surface area contributed by atoms with E-state index in [0.717, 1.165) is 25.3 Å². The van der Waals surface area contributed by atoms with E-state index < -0.39 is 0 Å². The molecule has 1 aromatic carbocycles. The summed E-state index contributed by atoms with van der Waals surface area (Å²) in [5, 5.41) is 14.3. The van der Waals surface area contributed by atoms with Crippen LogP contribution in [0.25, 0.3) is 0 Å². The van der Waals surface area contributed by atoms with Crippen molar-refractivity contribution in [3.05, 3.63) is 28.3 Å². The smallest absolute Gasteiger partial charge is 0.275 e. The monoisotopic (exact) mass is 279 g/mol. The fourth-order valence-corrected chi connectivity index (χ4v) is 2.32. The molecule has 6 heteroatoms. The van der Waals surface area contributed by atoms with Gasteiger partial charge in [0.1, 0.15) is 5.75 Å². The maximum atomic E-state index is 11.1. The van der Waals surface area contributed by atoms with E-state index in [-0.39, 0.29) is 16.7 Å². The number of nitro groups is 1. The van der Waals surface area contributed by atoms with Crippen molar-refractivity contribution in [3.63, 3.8) is 0 Å². The van der Waals surface area contributed by atoms with E-state index in [9.17, 15) is 10.1 Å². The molecule has 0 aromatic heterocycles. The molecule has 1 N–H and O–H groups in total. The van der Waals surface area contributed by atoms with Gasteiger partial charge in [0.2, 0.25) is 0 Å². The molecule has 1 saturated heterocycles. The summed E-state index contributed by atoms with van der Waals surface area (Å²) in [5.74, 6) is 0.551. The molecule has 0 amide bonds. The van der Waals surface area contributed by atoms with Gasteiger partial charge in [-0.05, 0) is 20.8 Å². The molecule has 0 aliphatic carbocycles. The molecule has 0 bridgehead atoms. The van der Waals surface area contributed by atoms with Crippen molar-refractivity contribution in [2.45, 2.75) is 32.9 Å². The van der Waals surface area contributed by atoms with Crippen LogP contribution in [0.15, 0.2) is 18.2 Å². The van der Waals surface area contributed by atoms with Gasteiger partial charge in [0.25, 0.3) is 5.69 Å². The van der Waals surface area contributed by atoms with Gasteiger partial charge in [0, 0.05) is 37.5 Å². The average molecular weight is 279 g/mol. The molecule has 6 nitrogen and oxygen atoms in total. The first-order valence-electron chi connectivity index (χ1n) is 6.94. The van der Waals surface area contributed by atoms with E-state index in [0.29, 0.717) is 11.8 Å². The largest absolute Gasteiger partial charge is 0.491 e. The van der Waals surface area contributed by atoms with Gasteiger partial charge in [-0.2, -0.15) is 0 Å². The number of nitrogens with zero attached hydrogens (tertiary/aromatic N) is 2. The molecule has 0 unspecified atom stereocenters. The van der Waals surface area contributed by atoms with Gasteiger partial charge < -0.3 is 15.0 Å². The Morgan fingerprint density at radius 2 is 2.15 bits per heavy atom. The second-order valence-electron chi connectivity index (χ2n) is 5.21. The third kappa shape index (κ3) is 3.19. The van der Waals surface area contributed by atoms with Crippen molar-refractivity contribution in [2.24, 2.45) is 0 Å². The average Bonchev–Trinajstić information content (AvgIpc) is 2.32. The van der Waals surface area contributed by atoms with E-state index in [1.54, 1.807) is 6.07 Å². The highest BCUT2D eigenvalue weighted by Crippen LogP contribution is 2.30. The molecular formula is C14H21N3O3. The Morgan fingerprint density at radius 1 is 1.45 bits per heavy atom. The number of nitrogens with one attached hydrogen (secondary N) is 1. The Hall–Kier alpha value is -1.82. The van der Waals surface area contributed by atoms with E-state index in [4.69, 9.17) is 4.74 Å². The fourth-order valence-electron chi connectivity index (χ4n) is 2.32. The topological polar surface area (TPSA) is 67.6 Å². The van der Waals surface area contributed by atoms with Crippen LogP contribution in [0, 0.1) is 10.1 Å². The van der Waals surface area contributed by atoms with E-state index in [1.165, 1.54) is 6.07 Å². The summed E-state index contributed by atoms with van der Waals surface area (Å²) in [6, 6.07) is 5.38. The molecule has 0 spiro atoms. The lowest BCUT2D eigenvalue weighted by molar-refractivity contribution is -0.384. The second kappa shape index (κ2) is 6.09. The lowest BCUT2D eigenvalue weighted by Crippen LogP contribution is -2.57. The van der Waals surface area contributed by atoms with Crippen LogP contribution in [0.4, 0.5) is 11.4 Å². The van der Waals surface area contributed by atoms with Gasteiger partial charge in [-0.1, -0.05) is 0 Å². The summed E-state index contributed by atoms with van der Waals surface area (Å²) in [6.07, 6.45) is -0.00898. The summed E-state index contributed by atoms with van der Waals surface area (Å²) in [5.41, 5.74) is 0.924. The highest BCUT2D eigenvalue weighted by atomic mass is 16.6. The normalized spacial score (nSPS) is 15.0. The van der Waals surface area contributed by atoms with Crippen LogP contribution >= 0.6 is 0 Å². The zero-order chi connectivity index (χ0) is 14.7. The number of anilines is 1. The summed E-state index contributed by atoms with van der Waals surface area (Å²) in [7, 11) is 0. The van der Waals surface area contributed by atoms with Crippen molar-refractivity contribution in [3.8, 4) is 5.75 Å². The molecule has 1 aromatic rings. The van der Waals surface area contributed by atoms with Crippen molar-refractivity contribution in [1.29, 1.82) is 0 Å². The Morgan fingerprint density at radius 3 is 2.60 bits per heavy atom. The highest BCUT2D eigenvalue weighted by molar-refractivity contribution is 5.59. The number of nitro benzene ring substituents is 1. The molecule has 0 radical (unpaired) electrons. The zero-order valence-electron chi connectivity index (χ0n) is 12.1. The molecule has 0 saturated carbocycles. The number of hydrogen-bond acceptors (Lipinski definition) is 5. The van der Waals surface area contributed by atoms with Crippen LogP contribution in [0.1, 0.15) is 20.8 Å². The first-order chi connectivity index (χ1) is 9.51. The van der Waals surface area contributed by atoms with Gasteiger partial charge in [-0.15, -0.1) is 0 Å². The minimum Gasteiger partial charge on any atom is -0.491 e. The quantitative estimate of drug-likeness (QED) is 0.638. The molecule has 0 atom stereocenters. The van der Waals surface area contributed by atoms with Gasteiger partial charge in [-0.3, -0.25) is 10.1 Å². The summed E-state index contributed by atoms with van der Waals surface area (Å²) < 4.78 is 5.62. The number of likely N-dealkylation sites (N-methyl/N-ethyl adjacent to an activating group) is 1. The maximum absolute atomic E-state index is 11.1. The standard InChI is InChI=1S/C14H21N3O3/c1-4-16(13-8-15-9-13)11-5-12(17(18)19)7-14(6-11)20-10(2)3/h5-7,10,13,15H,4,8-9H2,1-3H3. The first-order valence-corrected chi connectivity index (χ1v) is 6.94. The fraction of sp³-hybridized carbons (Fsp3) is 0.571. The lowest BCUT2D eigenvalue weighted by Gasteiger charge is -2.39. The van der Waals surface area contributed by atoms with Gasteiger partial charge in [0.15, 0.2) is 0 Å². The summed E-state index contributed by atoms with van der Waals surface area (Å²) in [6.45, 7) is 8.51. The predicted octanol–water partition coefficient (Wildman–Crippen LogP) is 2.18. The van der Waals surface area contributed by atoms with E-state index in [2.05, 4.69) is 17.1 Å². The van der Waals surface area contributed by atoms with Gasteiger partial charge in [0.05, 0.1) is 23.1 Å². The molecule has 1 aliphatic heterocycles. The molecule has 20 heavy (non-hydrogen) atoms. The van der Waals surface area contributed by atoms with Crippen molar-refractivity contribution in [1.82, 2.24) is 5.32 Å². The van der Waals surface area contributed by atoms with Crippen LogP contribution in [-0.4, -0.2) is 36.7 Å². The second-order valence-corrected chi connectivity index (χ2v) is 5.21. The molecule has 1 heterocycles. The van der Waals surface area contributed by atoms with Crippen LogP contribution in [0.3, 0.4) is 0 Å². The molecule has 1 fully saturated rings. The van der Waals surface area contributed by atoms with Gasteiger partial charge >= 0.3 is 0 Å². The number of ether oxygens (including phenoxy) is 1. The van der Waals surface area contributed by atoms with Crippen LogP contribution < -0.4 is 15.0 Å². The Kier molecular flexibility index (Phi) is 4.44.